The maximum absolute atomic E-state index is 12.6. The van der Waals surface area contributed by atoms with Crippen LogP contribution in [0.2, 0.25) is 0 Å². The minimum Gasteiger partial charge on any atom is -0.489 e. The lowest BCUT2D eigenvalue weighted by molar-refractivity contribution is -0.384. The minimum absolute atomic E-state index is 0.00248. The summed E-state index contributed by atoms with van der Waals surface area (Å²) >= 11 is 0. The van der Waals surface area contributed by atoms with Crippen LogP contribution in [0.4, 0.5) is 5.69 Å². The zero-order valence-corrected chi connectivity index (χ0v) is 17.5. The molecule has 0 amide bonds. The van der Waals surface area contributed by atoms with E-state index in [0.29, 0.717) is 11.3 Å². The van der Waals surface area contributed by atoms with Gasteiger partial charge in [0.05, 0.1) is 23.0 Å². The minimum atomic E-state index is -0.768. The van der Waals surface area contributed by atoms with Crippen molar-refractivity contribution in [1.82, 2.24) is 0 Å². The Bertz CT molecular complexity index is 1150. The van der Waals surface area contributed by atoms with Gasteiger partial charge in [-0.05, 0) is 49.2 Å². The van der Waals surface area contributed by atoms with Gasteiger partial charge in [0.1, 0.15) is 29.8 Å². The molecule has 1 aliphatic rings. The van der Waals surface area contributed by atoms with E-state index in [4.69, 9.17) is 19.9 Å². The van der Waals surface area contributed by atoms with Crippen molar-refractivity contribution in [3.05, 3.63) is 92.6 Å². The molecule has 2 aromatic rings. The first-order valence-electron chi connectivity index (χ1n) is 9.77. The van der Waals surface area contributed by atoms with Gasteiger partial charge in [0, 0.05) is 12.1 Å². The van der Waals surface area contributed by atoms with Gasteiger partial charge >= 0.3 is 5.97 Å². The third-order valence-corrected chi connectivity index (χ3v) is 4.85. The normalized spacial score (nSPS) is 15.6. The predicted octanol–water partition coefficient (Wildman–Crippen LogP) is 3.82. The second-order valence-corrected chi connectivity index (χ2v) is 6.90. The molecule has 1 heterocycles. The number of nitrogens with zero attached hydrogens (tertiary/aromatic N) is 2. The van der Waals surface area contributed by atoms with Gasteiger partial charge in [-0.25, -0.2) is 4.79 Å². The lowest BCUT2D eigenvalue weighted by Gasteiger charge is -2.27. The number of non-ortho nitro benzene ring substituents is 1. The van der Waals surface area contributed by atoms with Crippen LogP contribution in [0, 0.1) is 21.4 Å². The highest BCUT2D eigenvalue weighted by molar-refractivity contribution is 5.92. The number of nitrogens with two attached hydrogens (primary N) is 1. The third-order valence-electron chi connectivity index (χ3n) is 4.85. The van der Waals surface area contributed by atoms with Crippen LogP contribution in [0.3, 0.4) is 0 Å². The SMILES string of the molecule is CCOC(=O)C1=C(C)OC(N)=C(C#N)C1c1cccc(OCc2ccc([N+](=O)[O-])cc2)c1. The Morgan fingerprint density at radius 1 is 1.28 bits per heavy atom. The maximum atomic E-state index is 12.6. The molecule has 2 N–H and O–H groups in total. The lowest BCUT2D eigenvalue weighted by Crippen LogP contribution is -2.25. The molecule has 0 aliphatic carbocycles. The van der Waals surface area contributed by atoms with E-state index in [-0.39, 0.29) is 41.7 Å². The highest BCUT2D eigenvalue weighted by Gasteiger charge is 2.36. The first kappa shape index (κ1) is 22.4. The average molecular weight is 435 g/mol. The van der Waals surface area contributed by atoms with Crippen molar-refractivity contribution >= 4 is 11.7 Å². The molecular weight excluding hydrogens is 414 g/mol. The van der Waals surface area contributed by atoms with Crippen molar-refractivity contribution in [2.45, 2.75) is 26.4 Å². The van der Waals surface area contributed by atoms with Gasteiger partial charge in [0.15, 0.2) is 0 Å². The summed E-state index contributed by atoms with van der Waals surface area (Å²) in [6.07, 6.45) is 0. The lowest BCUT2D eigenvalue weighted by atomic mass is 9.83. The zero-order chi connectivity index (χ0) is 23.3. The standard InChI is InChI=1S/C23H21N3O6/c1-3-30-23(27)20-14(2)32-22(25)19(12-24)21(20)16-5-4-6-18(11-16)31-13-15-7-9-17(10-8-15)26(28)29/h4-11,21H,3,13,25H2,1-2H3. The first-order chi connectivity index (χ1) is 15.3. The molecule has 3 rings (SSSR count). The Balaban J connectivity index is 1.89. The average Bonchev–Trinajstić information content (AvgIpc) is 2.77. The van der Waals surface area contributed by atoms with E-state index in [2.05, 4.69) is 0 Å². The quantitative estimate of drug-likeness (QED) is 0.393. The molecule has 0 fully saturated rings. The predicted molar refractivity (Wildman–Crippen MR) is 114 cm³/mol. The van der Waals surface area contributed by atoms with Crippen LogP contribution in [0.1, 0.15) is 30.9 Å². The number of benzene rings is 2. The highest BCUT2D eigenvalue weighted by atomic mass is 16.6. The Labute approximate surface area is 184 Å². The summed E-state index contributed by atoms with van der Waals surface area (Å²) in [5, 5.41) is 20.5. The second-order valence-electron chi connectivity index (χ2n) is 6.90. The van der Waals surface area contributed by atoms with E-state index in [0.717, 1.165) is 5.56 Å². The van der Waals surface area contributed by atoms with Crippen molar-refractivity contribution < 1.29 is 23.9 Å². The van der Waals surface area contributed by atoms with Crippen LogP contribution in [-0.4, -0.2) is 17.5 Å². The zero-order valence-electron chi connectivity index (χ0n) is 17.5. The number of nitro groups is 1. The number of allylic oxidation sites excluding steroid dienone is 2. The Morgan fingerprint density at radius 2 is 2.00 bits per heavy atom. The molecule has 2 aromatic carbocycles. The third kappa shape index (κ3) is 4.70. The first-order valence-corrected chi connectivity index (χ1v) is 9.77. The van der Waals surface area contributed by atoms with Crippen LogP contribution in [-0.2, 0) is 20.9 Å². The fraction of sp³-hybridized carbons (Fsp3) is 0.217. The van der Waals surface area contributed by atoms with Crippen LogP contribution >= 0.6 is 0 Å². The second kappa shape index (κ2) is 9.66. The van der Waals surface area contributed by atoms with Crippen molar-refractivity contribution in [2.24, 2.45) is 5.73 Å². The van der Waals surface area contributed by atoms with Crippen molar-refractivity contribution in [3.63, 3.8) is 0 Å². The number of nitro benzene ring substituents is 1. The molecule has 0 bridgehead atoms. The molecule has 1 unspecified atom stereocenters. The smallest absolute Gasteiger partial charge is 0.338 e. The van der Waals surface area contributed by atoms with Gasteiger partial charge in [-0.3, -0.25) is 10.1 Å². The Kier molecular flexibility index (Phi) is 6.75. The van der Waals surface area contributed by atoms with Gasteiger partial charge in [0.2, 0.25) is 5.88 Å². The van der Waals surface area contributed by atoms with E-state index in [9.17, 15) is 20.2 Å². The molecule has 1 atom stereocenters. The number of ether oxygens (including phenoxy) is 3. The van der Waals surface area contributed by atoms with Crippen molar-refractivity contribution in [3.8, 4) is 11.8 Å². The number of nitriles is 1. The summed E-state index contributed by atoms with van der Waals surface area (Å²) in [4.78, 5) is 22.9. The summed E-state index contributed by atoms with van der Waals surface area (Å²) in [6.45, 7) is 3.63. The van der Waals surface area contributed by atoms with Crippen LogP contribution in [0.25, 0.3) is 0 Å². The number of carbonyl (C=O) groups excluding carboxylic acids is 1. The molecule has 1 aliphatic heterocycles. The monoisotopic (exact) mass is 435 g/mol. The van der Waals surface area contributed by atoms with E-state index in [1.165, 1.54) is 12.1 Å². The highest BCUT2D eigenvalue weighted by Crippen LogP contribution is 2.40. The van der Waals surface area contributed by atoms with E-state index in [1.54, 1.807) is 50.2 Å². The summed E-state index contributed by atoms with van der Waals surface area (Å²) in [7, 11) is 0. The van der Waals surface area contributed by atoms with Crippen molar-refractivity contribution in [2.75, 3.05) is 6.61 Å². The summed E-state index contributed by atoms with van der Waals surface area (Å²) in [6, 6.07) is 15.0. The molecule has 9 nitrogen and oxygen atoms in total. The summed E-state index contributed by atoms with van der Waals surface area (Å²) < 4.78 is 16.4. The fourth-order valence-corrected chi connectivity index (χ4v) is 3.35. The van der Waals surface area contributed by atoms with Crippen LogP contribution in [0.5, 0.6) is 5.75 Å². The molecule has 0 spiro atoms. The number of esters is 1. The van der Waals surface area contributed by atoms with Gasteiger partial charge in [0.25, 0.3) is 5.69 Å². The van der Waals surface area contributed by atoms with Crippen LogP contribution < -0.4 is 10.5 Å². The van der Waals surface area contributed by atoms with Crippen LogP contribution in [0.15, 0.2) is 71.3 Å². The molecule has 9 heteroatoms. The molecule has 0 saturated carbocycles. The van der Waals surface area contributed by atoms with Gasteiger partial charge in [-0.1, -0.05) is 12.1 Å². The van der Waals surface area contributed by atoms with Gasteiger partial charge in [-0.15, -0.1) is 0 Å². The number of rotatable bonds is 7. The topological polar surface area (TPSA) is 138 Å². The van der Waals surface area contributed by atoms with E-state index >= 15 is 0 Å². The maximum Gasteiger partial charge on any atom is 0.338 e. The van der Waals surface area contributed by atoms with E-state index < -0.39 is 16.8 Å². The van der Waals surface area contributed by atoms with E-state index in [1.807, 2.05) is 6.07 Å². The molecular formula is C23H21N3O6. The number of hydrogen-bond acceptors (Lipinski definition) is 8. The Hall–Kier alpha value is -4.32. The molecule has 164 valence electrons. The molecule has 0 aromatic heterocycles. The molecule has 0 saturated heterocycles. The van der Waals surface area contributed by atoms with Gasteiger partial charge in [-0.2, -0.15) is 5.26 Å². The summed E-state index contributed by atoms with van der Waals surface area (Å²) in [5.41, 5.74) is 7.57. The van der Waals surface area contributed by atoms with Crippen molar-refractivity contribution in [1.29, 1.82) is 5.26 Å². The number of carbonyl (C=O) groups is 1. The molecule has 0 radical (unpaired) electrons. The largest absolute Gasteiger partial charge is 0.489 e. The molecule has 32 heavy (non-hydrogen) atoms. The Morgan fingerprint density at radius 3 is 2.62 bits per heavy atom. The fourth-order valence-electron chi connectivity index (χ4n) is 3.35. The summed E-state index contributed by atoms with van der Waals surface area (Å²) in [5.74, 6) is -0.672. The van der Waals surface area contributed by atoms with Gasteiger partial charge < -0.3 is 19.9 Å². The number of hydrogen-bond donors (Lipinski definition) is 1.